The Bertz CT molecular complexity index is 441. The molecule has 2 aliphatic rings. The SMILES string of the molecule is CC(C)(C)C(=O)C1CCCC[C@H]1C(=O)N(N)CCN1CCNCC1. The lowest BCUT2D eigenvalue weighted by atomic mass is 9.70. The number of rotatable bonds is 5. The van der Waals surface area contributed by atoms with Gasteiger partial charge in [-0.15, -0.1) is 0 Å². The zero-order valence-corrected chi connectivity index (χ0v) is 15.5. The Morgan fingerprint density at radius 1 is 1.12 bits per heavy atom. The summed E-state index contributed by atoms with van der Waals surface area (Å²) in [6.45, 7) is 11.1. The topological polar surface area (TPSA) is 78.7 Å². The van der Waals surface area contributed by atoms with Crippen molar-refractivity contribution in [3.8, 4) is 0 Å². The average molecular weight is 338 g/mol. The number of piperazine rings is 1. The van der Waals surface area contributed by atoms with Crippen LogP contribution in [0.15, 0.2) is 0 Å². The quantitative estimate of drug-likeness (QED) is 0.444. The predicted molar refractivity (Wildman–Crippen MR) is 95.1 cm³/mol. The van der Waals surface area contributed by atoms with Crippen LogP contribution in [0.4, 0.5) is 0 Å². The van der Waals surface area contributed by atoms with Crippen LogP contribution in [0.2, 0.25) is 0 Å². The third-order valence-corrected chi connectivity index (χ3v) is 5.31. The molecule has 2 fully saturated rings. The highest BCUT2D eigenvalue weighted by molar-refractivity contribution is 5.91. The lowest BCUT2D eigenvalue weighted by Gasteiger charge is -2.36. The summed E-state index contributed by atoms with van der Waals surface area (Å²) in [4.78, 5) is 27.9. The third kappa shape index (κ3) is 5.01. The van der Waals surface area contributed by atoms with Gasteiger partial charge in [0.2, 0.25) is 5.91 Å². The molecular weight excluding hydrogens is 304 g/mol. The molecule has 24 heavy (non-hydrogen) atoms. The Morgan fingerprint density at radius 2 is 1.71 bits per heavy atom. The van der Waals surface area contributed by atoms with Gasteiger partial charge in [0.05, 0.1) is 0 Å². The van der Waals surface area contributed by atoms with Crippen LogP contribution >= 0.6 is 0 Å². The predicted octanol–water partition coefficient (Wildman–Crippen LogP) is 1.02. The minimum Gasteiger partial charge on any atom is -0.314 e. The molecule has 2 rings (SSSR count). The summed E-state index contributed by atoms with van der Waals surface area (Å²) in [5.74, 6) is 5.82. The van der Waals surface area contributed by atoms with Crippen molar-refractivity contribution < 1.29 is 9.59 Å². The highest BCUT2D eigenvalue weighted by Crippen LogP contribution is 2.36. The molecule has 6 nitrogen and oxygen atoms in total. The van der Waals surface area contributed by atoms with E-state index in [4.69, 9.17) is 5.84 Å². The van der Waals surface area contributed by atoms with Crippen LogP contribution in [0.5, 0.6) is 0 Å². The fourth-order valence-corrected chi connectivity index (χ4v) is 3.80. The van der Waals surface area contributed by atoms with E-state index in [1.807, 2.05) is 20.8 Å². The first-order valence-electron chi connectivity index (χ1n) is 9.34. The van der Waals surface area contributed by atoms with Crippen LogP contribution in [0.3, 0.4) is 0 Å². The number of amides is 1. The van der Waals surface area contributed by atoms with Gasteiger partial charge in [0, 0.05) is 56.5 Å². The number of nitrogens with zero attached hydrogens (tertiary/aromatic N) is 2. The second-order valence-corrected chi connectivity index (χ2v) is 8.23. The van der Waals surface area contributed by atoms with Crippen LogP contribution in [0.25, 0.3) is 0 Å². The van der Waals surface area contributed by atoms with Crippen molar-refractivity contribution in [3.05, 3.63) is 0 Å². The molecule has 0 bridgehead atoms. The summed E-state index contributed by atoms with van der Waals surface area (Å²) in [5.41, 5.74) is -0.402. The Hall–Kier alpha value is -0.980. The first-order valence-corrected chi connectivity index (χ1v) is 9.34. The molecule has 3 N–H and O–H groups in total. The highest BCUT2D eigenvalue weighted by Gasteiger charge is 2.40. The van der Waals surface area contributed by atoms with Crippen LogP contribution in [0, 0.1) is 17.3 Å². The van der Waals surface area contributed by atoms with E-state index in [9.17, 15) is 9.59 Å². The smallest absolute Gasteiger partial charge is 0.240 e. The van der Waals surface area contributed by atoms with E-state index in [-0.39, 0.29) is 23.5 Å². The Balaban J connectivity index is 1.93. The third-order valence-electron chi connectivity index (χ3n) is 5.31. The maximum absolute atomic E-state index is 12.8. The number of nitrogens with two attached hydrogens (primary N) is 1. The molecule has 0 aromatic heterocycles. The summed E-state index contributed by atoms with van der Waals surface area (Å²) in [6.07, 6.45) is 3.64. The second kappa shape index (κ2) is 8.41. The van der Waals surface area contributed by atoms with Gasteiger partial charge in [-0.05, 0) is 12.8 Å². The molecule has 0 aromatic carbocycles. The molecule has 0 aromatic rings. The molecule has 1 heterocycles. The Morgan fingerprint density at radius 3 is 2.29 bits per heavy atom. The average Bonchev–Trinajstić information content (AvgIpc) is 2.58. The Labute approximate surface area is 146 Å². The molecule has 0 radical (unpaired) electrons. The van der Waals surface area contributed by atoms with E-state index >= 15 is 0 Å². The number of carbonyl (C=O) groups is 2. The van der Waals surface area contributed by atoms with Crippen LogP contribution in [0.1, 0.15) is 46.5 Å². The van der Waals surface area contributed by atoms with Crippen molar-refractivity contribution in [2.24, 2.45) is 23.1 Å². The molecule has 1 aliphatic heterocycles. The molecule has 1 unspecified atom stereocenters. The van der Waals surface area contributed by atoms with E-state index < -0.39 is 5.41 Å². The lowest BCUT2D eigenvalue weighted by Crippen LogP contribution is -2.51. The van der Waals surface area contributed by atoms with Gasteiger partial charge >= 0.3 is 0 Å². The highest BCUT2D eigenvalue weighted by atomic mass is 16.2. The maximum atomic E-state index is 12.8. The number of carbonyl (C=O) groups excluding carboxylic acids is 2. The molecule has 1 saturated heterocycles. The fourth-order valence-electron chi connectivity index (χ4n) is 3.80. The van der Waals surface area contributed by atoms with E-state index in [0.717, 1.165) is 58.4 Å². The first-order chi connectivity index (χ1) is 11.3. The number of hydrogen-bond acceptors (Lipinski definition) is 5. The molecule has 1 aliphatic carbocycles. The molecule has 0 spiro atoms. The molecule has 6 heteroatoms. The fraction of sp³-hybridized carbons (Fsp3) is 0.889. The maximum Gasteiger partial charge on any atom is 0.240 e. The number of hydrazine groups is 1. The molecule has 1 saturated carbocycles. The van der Waals surface area contributed by atoms with Crippen molar-refractivity contribution in [2.75, 3.05) is 39.3 Å². The molecule has 138 valence electrons. The summed E-state index contributed by atoms with van der Waals surface area (Å²) < 4.78 is 0. The zero-order valence-electron chi connectivity index (χ0n) is 15.5. The largest absolute Gasteiger partial charge is 0.314 e. The number of nitrogens with one attached hydrogen (secondary N) is 1. The minimum atomic E-state index is -0.402. The van der Waals surface area contributed by atoms with Gasteiger partial charge in [-0.3, -0.25) is 19.5 Å². The van der Waals surface area contributed by atoms with Crippen molar-refractivity contribution in [3.63, 3.8) is 0 Å². The lowest BCUT2D eigenvalue weighted by molar-refractivity contribution is -0.146. The zero-order chi connectivity index (χ0) is 17.7. The summed E-state index contributed by atoms with van der Waals surface area (Å²) >= 11 is 0. The first kappa shape index (κ1) is 19.3. The van der Waals surface area contributed by atoms with Gasteiger partial charge in [-0.1, -0.05) is 33.6 Å². The van der Waals surface area contributed by atoms with Crippen molar-refractivity contribution >= 4 is 11.7 Å². The van der Waals surface area contributed by atoms with E-state index in [1.165, 1.54) is 5.01 Å². The molecule has 1 amide bonds. The summed E-state index contributed by atoms with van der Waals surface area (Å²) in [7, 11) is 0. The van der Waals surface area contributed by atoms with Gasteiger partial charge in [0.1, 0.15) is 5.78 Å². The van der Waals surface area contributed by atoms with Crippen molar-refractivity contribution in [1.82, 2.24) is 15.2 Å². The van der Waals surface area contributed by atoms with E-state index in [0.29, 0.717) is 6.54 Å². The van der Waals surface area contributed by atoms with Gasteiger partial charge in [0.15, 0.2) is 0 Å². The molecule has 2 atom stereocenters. The summed E-state index contributed by atoms with van der Waals surface area (Å²) in [6, 6.07) is 0. The van der Waals surface area contributed by atoms with Crippen LogP contribution < -0.4 is 11.2 Å². The van der Waals surface area contributed by atoms with Gasteiger partial charge in [-0.25, -0.2) is 5.84 Å². The second-order valence-electron chi connectivity index (χ2n) is 8.23. The normalized spacial score (nSPS) is 26.2. The summed E-state index contributed by atoms with van der Waals surface area (Å²) in [5, 5.41) is 4.68. The standard InChI is InChI=1S/C18H34N4O2/c1-18(2,3)16(23)14-6-4-5-7-15(14)17(24)22(19)13-12-21-10-8-20-9-11-21/h14-15,20H,4-13,19H2,1-3H3/t14?,15-/m1/s1. The van der Waals surface area contributed by atoms with E-state index in [2.05, 4.69) is 10.2 Å². The van der Waals surface area contributed by atoms with Crippen molar-refractivity contribution in [2.45, 2.75) is 46.5 Å². The minimum absolute atomic E-state index is 0.0487. The number of ketones is 1. The van der Waals surface area contributed by atoms with Gasteiger partial charge in [0.25, 0.3) is 0 Å². The van der Waals surface area contributed by atoms with Crippen LogP contribution in [-0.4, -0.2) is 60.9 Å². The van der Waals surface area contributed by atoms with Crippen LogP contribution in [-0.2, 0) is 9.59 Å². The Kier molecular flexibility index (Phi) is 6.78. The monoisotopic (exact) mass is 338 g/mol. The number of hydrogen-bond donors (Lipinski definition) is 2. The van der Waals surface area contributed by atoms with Gasteiger partial charge in [-0.2, -0.15) is 0 Å². The molecular formula is C18H34N4O2. The van der Waals surface area contributed by atoms with Gasteiger partial charge < -0.3 is 5.32 Å². The van der Waals surface area contributed by atoms with E-state index in [1.54, 1.807) is 0 Å². The van der Waals surface area contributed by atoms with Crippen molar-refractivity contribution in [1.29, 1.82) is 0 Å². The number of Topliss-reactive ketones (excluding diaryl/α,β-unsaturated/α-hetero) is 1.